The molecule has 2 aliphatic carbocycles. The summed E-state index contributed by atoms with van der Waals surface area (Å²) in [6.45, 7) is 18.4. The molecule has 0 spiro atoms. The van der Waals surface area contributed by atoms with Crippen LogP contribution in [0.3, 0.4) is 0 Å². The Balaban J connectivity index is 1.45. The van der Waals surface area contributed by atoms with Crippen LogP contribution in [0.2, 0.25) is 0 Å². The number of anilines is 2. The van der Waals surface area contributed by atoms with Gasteiger partial charge in [0.2, 0.25) is 0 Å². The molecule has 8 heteroatoms. The van der Waals surface area contributed by atoms with E-state index >= 15 is 0 Å². The molecule has 0 atom stereocenters. The number of hydrogen-bond donors (Lipinski definition) is 1. The summed E-state index contributed by atoms with van der Waals surface area (Å²) in [5.74, 6) is 3.59. The summed E-state index contributed by atoms with van der Waals surface area (Å²) in [5.41, 5.74) is 6.06. The van der Waals surface area contributed by atoms with Crippen LogP contribution < -0.4 is 9.80 Å². The van der Waals surface area contributed by atoms with Gasteiger partial charge in [-0.3, -0.25) is 0 Å². The molecule has 2 aliphatic rings. The number of fused-ring (bicyclic) bond motifs is 1. The van der Waals surface area contributed by atoms with Gasteiger partial charge >= 0.3 is 0 Å². The van der Waals surface area contributed by atoms with Gasteiger partial charge in [-0.1, -0.05) is 64.8 Å². The Morgan fingerprint density at radius 3 is 2.00 bits per heavy atom. The second-order valence-electron chi connectivity index (χ2n) is 15.4. The standard InChI is InChI=1S/C36H49N7O/c1-23-10-9-11-27-18-28(33(37-31(23)27)42(19-24-12-13-24)20-25-14-15-25)22-43(34-38-40-41(8)39-34)21-26-16-29(35(2,3)4)32(44)30(17-26)36(5,6)7/h9-11,16-18,24-25,44H,12-15,19-22H2,1-8H3. The Kier molecular flexibility index (Phi) is 7.83. The van der Waals surface area contributed by atoms with Crippen molar-refractivity contribution in [2.24, 2.45) is 18.9 Å². The Morgan fingerprint density at radius 1 is 0.864 bits per heavy atom. The lowest BCUT2D eigenvalue weighted by Crippen LogP contribution is -2.32. The fraction of sp³-hybridized carbons (Fsp3) is 0.556. The van der Waals surface area contributed by atoms with Gasteiger partial charge in [-0.2, -0.15) is 4.80 Å². The summed E-state index contributed by atoms with van der Waals surface area (Å²) in [5, 5.41) is 25.9. The predicted octanol–water partition coefficient (Wildman–Crippen LogP) is 7.20. The predicted molar refractivity (Wildman–Crippen MR) is 178 cm³/mol. The molecule has 44 heavy (non-hydrogen) atoms. The monoisotopic (exact) mass is 595 g/mol. The molecule has 2 heterocycles. The van der Waals surface area contributed by atoms with Crippen molar-refractivity contribution in [3.63, 3.8) is 0 Å². The lowest BCUT2D eigenvalue weighted by atomic mass is 9.78. The first-order valence-corrected chi connectivity index (χ1v) is 16.3. The van der Waals surface area contributed by atoms with Crippen LogP contribution in [0.5, 0.6) is 5.75 Å². The summed E-state index contributed by atoms with van der Waals surface area (Å²) in [4.78, 5) is 11.7. The van der Waals surface area contributed by atoms with E-state index in [0.29, 0.717) is 24.8 Å². The molecule has 2 saturated carbocycles. The molecule has 6 rings (SSSR count). The first-order chi connectivity index (χ1) is 20.8. The van der Waals surface area contributed by atoms with Crippen LogP contribution >= 0.6 is 0 Å². The van der Waals surface area contributed by atoms with Crippen molar-refractivity contribution in [2.75, 3.05) is 22.9 Å². The van der Waals surface area contributed by atoms with E-state index in [-0.39, 0.29) is 10.8 Å². The zero-order chi connectivity index (χ0) is 31.4. The number of rotatable bonds is 10. The van der Waals surface area contributed by atoms with E-state index in [9.17, 15) is 5.11 Å². The molecular weight excluding hydrogens is 546 g/mol. The van der Waals surface area contributed by atoms with Gasteiger partial charge < -0.3 is 14.9 Å². The Labute approximate surface area is 262 Å². The molecular formula is C36H49N7O. The van der Waals surface area contributed by atoms with Crippen molar-refractivity contribution in [3.05, 3.63) is 64.2 Å². The van der Waals surface area contributed by atoms with Crippen LogP contribution in [0.15, 0.2) is 36.4 Å². The minimum atomic E-state index is -0.213. The Bertz CT molecular complexity index is 1600. The van der Waals surface area contributed by atoms with E-state index in [0.717, 1.165) is 58.3 Å². The van der Waals surface area contributed by atoms with Gasteiger partial charge in [-0.25, -0.2) is 4.98 Å². The topological polar surface area (TPSA) is 83.2 Å². The van der Waals surface area contributed by atoms with Crippen LogP contribution in [0.4, 0.5) is 11.8 Å². The highest BCUT2D eigenvalue weighted by atomic mass is 16.3. The van der Waals surface area contributed by atoms with E-state index < -0.39 is 0 Å². The fourth-order valence-corrected chi connectivity index (χ4v) is 6.20. The van der Waals surface area contributed by atoms with E-state index in [4.69, 9.17) is 4.98 Å². The number of para-hydroxylation sites is 1. The SMILES string of the molecule is Cc1cccc2cc(CN(Cc3cc(C(C)(C)C)c(O)c(C(C)(C)C)c3)c3nnn(C)n3)c(N(CC3CC3)CC3CC3)nc12. The van der Waals surface area contributed by atoms with Crippen molar-refractivity contribution < 1.29 is 5.11 Å². The number of pyridine rings is 1. The van der Waals surface area contributed by atoms with Crippen molar-refractivity contribution >= 4 is 22.7 Å². The third-order valence-corrected chi connectivity index (χ3v) is 9.06. The number of nitrogens with zero attached hydrogens (tertiary/aromatic N) is 7. The van der Waals surface area contributed by atoms with Gasteiger partial charge in [0.15, 0.2) is 0 Å². The molecule has 0 radical (unpaired) electrons. The van der Waals surface area contributed by atoms with Gasteiger partial charge in [0.25, 0.3) is 5.95 Å². The molecule has 8 nitrogen and oxygen atoms in total. The number of hydrogen-bond acceptors (Lipinski definition) is 7. The zero-order valence-electron chi connectivity index (χ0n) is 27.9. The third-order valence-electron chi connectivity index (χ3n) is 9.06. The van der Waals surface area contributed by atoms with Crippen molar-refractivity contribution in [3.8, 4) is 5.75 Å². The highest BCUT2D eigenvalue weighted by Gasteiger charge is 2.32. The smallest absolute Gasteiger partial charge is 0.266 e. The van der Waals surface area contributed by atoms with Gasteiger partial charge in [0.05, 0.1) is 12.6 Å². The maximum Gasteiger partial charge on any atom is 0.266 e. The minimum absolute atomic E-state index is 0.213. The normalized spacial score (nSPS) is 15.6. The molecule has 4 aromatic rings. The molecule has 0 unspecified atom stereocenters. The lowest BCUT2D eigenvalue weighted by Gasteiger charge is -2.31. The summed E-state index contributed by atoms with van der Waals surface area (Å²) in [7, 11) is 1.81. The molecule has 0 bridgehead atoms. The maximum atomic E-state index is 11.4. The zero-order valence-corrected chi connectivity index (χ0v) is 27.9. The number of benzene rings is 2. The number of phenolic OH excluding ortho intramolecular Hbond substituents is 1. The molecule has 2 aromatic carbocycles. The lowest BCUT2D eigenvalue weighted by molar-refractivity contribution is 0.422. The number of aromatic nitrogens is 5. The summed E-state index contributed by atoms with van der Waals surface area (Å²) in [6, 6.07) is 13.1. The highest BCUT2D eigenvalue weighted by Crippen LogP contribution is 2.41. The molecule has 2 aromatic heterocycles. The van der Waals surface area contributed by atoms with Crippen molar-refractivity contribution in [1.29, 1.82) is 0 Å². The van der Waals surface area contributed by atoms with Crippen LogP contribution in [-0.2, 0) is 31.0 Å². The largest absolute Gasteiger partial charge is 0.507 e. The molecule has 1 N–H and O–H groups in total. The molecule has 0 saturated heterocycles. The Morgan fingerprint density at radius 2 is 1.48 bits per heavy atom. The number of aryl methyl sites for hydroxylation is 2. The van der Waals surface area contributed by atoms with E-state index in [1.807, 2.05) is 7.05 Å². The average Bonchev–Trinajstić information content (AvgIpc) is 3.88. The third kappa shape index (κ3) is 6.69. The molecule has 2 fully saturated rings. The second-order valence-corrected chi connectivity index (χ2v) is 15.4. The van der Waals surface area contributed by atoms with E-state index in [1.54, 1.807) is 0 Å². The van der Waals surface area contributed by atoms with Gasteiger partial charge in [-0.15, -0.1) is 5.10 Å². The van der Waals surface area contributed by atoms with E-state index in [2.05, 4.69) is 110 Å². The van der Waals surface area contributed by atoms with Crippen LogP contribution in [0.25, 0.3) is 10.9 Å². The minimum Gasteiger partial charge on any atom is -0.507 e. The highest BCUT2D eigenvalue weighted by molar-refractivity contribution is 5.84. The fourth-order valence-electron chi connectivity index (χ4n) is 6.20. The average molecular weight is 596 g/mol. The second kappa shape index (κ2) is 11.4. The number of phenols is 1. The number of aromatic hydroxyl groups is 1. The summed E-state index contributed by atoms with van der Waals surface area (Å²) >= 11 is 0. The number of tetrazole rings is 1. The van der Waals surface area contributed by atoms with Crippen molar-refractivity contribution in [1.82, 2.24) is 25.2 Å². The quantitative estimate of drug-likeness (QED) is 0.208. The molecule has 0 amide bonds. The van der Waals surface area contributed by atoms with E-state index in [1.165, 1.54) is 41.6 Å². The first-order valence-electron chi connectivity index (χ1n) is 16.3. The van der Waals surface area contributed by atoms with Gasteiger partial charge in [0, 0.05) is 37.1 Å². The van der Waals surface area contributed by atoms with Gasteiger partial charge in [-0.05, 0) is 101 Å². The molecule has 0 aliphatic heterocycles. The summed E-state index contributed by atoms with van der Waals surface area (Å²) in [6.07, 6.45) is 5.25. The van der Waals surface area contributed by atoms with Crippen molar-refractivity contribution in [2.45, 2.75) is 98.1 Å². The van der Waals surface area contributed by atoms with Crippen LogP contribution in [0, 0.1) is 18.8 Å². The van der Waals surface area contributed by atoms with Gasteiger partial charge in [0.1, 0.15) is 11.6 Å². The maximum absolute atomic E-state index is 11.4. The van der Waals surface area contributed by atoms with Crippen LogP contribution in [-0.4, -0.2) is 43.4 Å². The molecule has 234 valence electrons. The first kappa shape index (κ1) is 30.4. The summed E-state index contributed by atoms with van der Waals surface area (Å²) < 4.78 is 0. The Hall–Kier alpha value is -3.68. The van der Waals surface area contributed by atoms with Crippen LogP contribution in [0.1, 0.15) is 95.0 Å².